The predicted octanol–water partition coefficient (Wildman–Crippen LogP) is 4.60. The zero-order chi connectivity index (χ0) is 41.9. The van der Waals surface area contributed by atoms with Crippen LogP contribution in [0.2, 0.25) is 24.7 Å². The Morgan fingerprint density at radius 3 is 0.724 bits per heavy atom. The first kappa shape index (κ1) is 52.5. The molecule has 2 aromatic carbocycles. The Morgan fingerprint density at radius 2 is 0.517 bits per heavy atom. The van der Waals surface area contributed by atoms with Crippen LogP contribution >= 0.6 is 0 Å². The molecule has 0 amide bonds. The summed E-state index contributed by atoms with van der Waals surface area (Å²) in [5.74, 6) is 0. The van der Waals surface area contributed by atoms with Crippen molar-refractivity contribution < 1.29 is 61.0 Å². The smallest absolute Gasteiger partial charge is 0.261 e. The third-order valence-electron chi connectivity index (χ3n) is 8.45. The molecule has 13 nitrogen and oxygen atoms in total. The molecule has 0 fully saturated rings. The number of benzene rings is 2. The lowest BCUT2D eigenvalue weighted by atomic mass is 10.2. The maximum Gasteiger partial charge on any atom is 0.261 e. The lowest BCUT2D eigenvalue weighted by molar-refractivity contribution is -0.0280. The molecular formula is C43H76O13Si2. The molecule has 0 aliphatic heterocycles. The quantitative estimate of drug-likeness (QED) is 0.0688. The monoisotopic (exact) mass is 856 g/mol. The van der Waals surface area contributed by atoms with Gasteiger partial charge in [0.1, 0.15) is 0 Å². The minimum atomic E-state index is -2.54. The van der Waals surface area contributed by atoms with E-state index >= 15 is 0 Å². The van der Waals surface area contributed by atoms with Crippen LogP contribution in [-0.2, 0) is 61.0 Å². The highest BCUT2D eigenvalue weighted by Crippen LogP contribution is 2.36. The van der Waals surface area contributed by atoms with Crippen molar-refractivity contribution in [2.24, 2.45) is 0 Å². The van der Waals surface area contributed by atoms with Gasteiger partial charge in [-0.15, -0.1) is 0 Å². The highest BCUT2D eigenvalue weighted by molar-refractivity contribution is 6.99. The van der Waals surface area contributed by atoms with Crippen LogP contribution in [0.4, 0.5) is 0 Å². The second-order valence-electron chi connectivity index (χ2n) is 15.2. The summed E-state index contributed by atoms with van der Waals surface area (Å²) in [5.41, 5.74) is 0. The minimum Gasteiger partial charge on any atom is -0.415 e. The van der Waals surface area contributed by atoms with Crippen LogP contribution in [-0.4, -0.2) is 175 Å². The maximum absolute atomic E-state index is 6.85. The Morgan fingerprint density at radius 1 is 0.310 bits per heavy atom. The second-order valence-corrected chi connectivity index (χ2v) is 24.0. The summed E-state index contributed by atoms with van der Waals surface area (Å²) in [6.07, 6.45) is 0. The van der Waals surface area contributed by atoms with E-state index < -0.39 is 16.6 Å². The average molecular weight is 857 g/mol. The Bertz CT molecular complexity index is 1150. The second kappa shape index (κ2) is 34.0. The number of ether oxygens (including phenoxy) is 11. The van der Waals surface area contributed by atoms with Gasteiger partial charge in [0.25, 0.3) is 8.32 Å². The van der Waals surface area contributed by atoms with Crippen LogP contribution in [0.15, 0.2) is 60.7 Å². The SMILES string of the molecule is CC(C)(C)[Si](OCCOCCOCCOCCOCCOCCOCCOCCOCCOCCOCCOCCO[Si](C)(C)C)(c1ccccc1)c1ccccc1. The van der Waals surface area contributed by atoms with E-state index in [4.69, 9.17) is 61.0 Å². The summed E-state index contributed by atoms with van der Waals surface area (Å²) in [5, 5.41) is 2.48. The van der Waals surface area contributed by atoms with Crippen molar-refractivity contribution in [3.05, 3.63) is 60.7 Å². The highest BCUT2D eigenvalue weighted by Gasteiger charge is 2.50. The Kier molecular flexibility index (Phi) is 30.8. The van der Waals surface area contributed by atoms with Crippen LogP contribution in [0.5, 0.6) is 0 Å². The summed E-state index contributed by atoms with van der Waals surface area (Å²) in [4.78, 5) is 0. The molecule has 0 N–H and O–H groups in total. The van der Waals surface area contributed by atoms with E-state index in [1.807, 2.05) is 0 Å². The molecule has 0 unspecified atom stereocenters. The molecule has 2 aromatic rings. The van der Waals surface area contributed by atoms with E-state index in [1.165, 1.54) is 10.4 Å². The molecule has 58 heavy (non-hydrogen) atoms. The van der Waals surface area contributed by atoms with Crippen LogP contribution in [0.1, 0.15) is 20.8 Å². The topological polar surface area (TPSA) is 120 Å². The van der Waals surface area contributed by atoms with Crippen molar-refractivity contribution in [3.8, 4) is 0 Å². The molecule has 0 aliphatic carbocycles. The molecule has 0 bridgehead atoms. The normalized spacial score (nSPS) is 12.4. The molecule has 0 aliphatic rings. The first-order chi connectivity index (χ1) is 28.2. The van der Waals surface area contributed by atoms with E-state index in [0.29, 0.717) is 159 Å². The van der Waals surface area contributed by atoms with E-state index in [0.717, 1.165) is 0 Å². The van der Waals surface area contributed by atoms with Gasteiger partial charge < -0.3 is 61.0 Å². The molecule has 15 heteroatoms. The van der Waals surface area contributed by atoms with Gasteiger partial charge in [-0.3, -0.25) is 0 Å². The van der Waals surface area contributed by atoms with Gasteiger partial charge in [-0.05, 0) is 35.1 Å². The van der Waals surface area contributed by atoms with E-state index in [-0.39, 0.29) is 5.04 Å². The summed E-state index contributed by atoms with van der Waals surface area (Å²) < 4.78 is 73.8. The Hall–Kier alpha value is -1.65. The zero-order valence-corrected chi connectivity index (χ0v) is 38.6. The van der Waals surface area contributed by atoms with Gasteiger partial charge in [0.15, 0.2) is 8.32 Å². The Balaban J connectivity index is 1.27. The summed E-state index contributed by atoms with van der Waals surface area (Å²) in [7, 11) is -4.00. The standard InChI is InChI=1S/C43H76O13Si2/c1-43(2,3)58(41-13-9-7-10-14-41,42-15-11-8-12-16-42)56-40-38-54-36-34-52-32-30-50-28-26-48-24-22-46-20-18-44-17-19-45-21-23-47-25-27-49-29-31-51-33-35-53-37-39-55-57(4,5)6/h7-16H,17-40H2,1-6H3. The number of hydrogen-bond donors (Lipinski definition) is 0. The maximum atomic E-state index is 6.85. The van der Waals surface area contributed by atoms with E-state index in [9.17, 15) is 0 Å². The van der Waals surface area contributed by atoms with Crippen LogP contribution in [0, 0.1) is 0 Å². The lowest BCUT2D eigenvalue weighted by Gasteiger charge is -2.43. The number of rotatable bonds is 40. The Labute approximate surface area is 351 Å². The molecule has 0 atom stereocenters. The molecule has 2 rings (SSSR count). The van der Waals surface area contributed by atoms with Gasteiger partial charge in [-0.2, -0.15) is 0 Å². The number of hydrogen-bond acceptors (Lipinski definition) is 13. The molecule has 334 valence electrons. The summed E-state index contributed by atoms with van der Waals surface area (Å²) in [6.45, 7) is 25.9. The molecule has 0 saturated heterocycles. The van der Waals surface area contributed by atoms with Crippen molar-refractivity contribution in [1.29, 1.82) is 0 Å². The fourth-order valence-corrected chi connectivity index (χ4v) is 11.0. The largest absolute Gasteiger partial charge is 0.415 e. The van der Waals surface area contributed by atoms with Crippen molar-refractivity contribution >= 4 is 27.0 Å². The third-order valence-corrected chi connectivity index (χ3v) is 14.6. The first-order valence-electron chi connectivity index (χ1n) is 20.9. The summed E-state index contributed by atoms with van der Waals surface area (Å²) >= 11 is 0. The molecule has 0 radical (unpaired) electrons. The lowest BCUT2D eigenvalue weighted by Crippen LogP contribution is -2.66. The molecule has 0 heterocycles. The van der Waals surface area contributed by atoms with Crippen LogP contribution < -0.4 is 10.4 Å². The first-order valence-corrected chi connectivity index (χ1v) is 26.2. The van der Waals surface area contributed by atoms with Crippen LogP contribution in [0.25, 0.3) is 0 Å². The van der Waals surface area contributed by atoms with Crippen molar-refractivity contribution in [2.45, 2.75) is 45.5 Å². The predicted molar refractivity (Wildman–Crippen MR) is 232 cm³/mol. The van der Waals surface area contributed by atoms with Crippen LogP contribution in [0.3, 0.4) is 0 Å². The van der Waals surface area contributed by atoms with Crippen molar-refractivity contribution in [2.75, 3.05) is 159 Å². The van der Waals surface area contributed by atoms with Gasteiger partial charge in [0, 0.05) is 0 Å². The van der Waals surface area contributed by atoms with E-state index in [2.05, 4.69) is 101 Å². The highest BCUT2D eigenvalue weighted by atomic mass is 28.4. The van der Waals surface area contributed by atoms with Gasteiger partial charge in [-0.25, -0.2) is 0 Å². The van der Waals surface area contributed by atoms with Gasteiger partial charge in [0.2, 0.25) is 0 Å². The van der Waals surface area contributed by atoms with Crippen molar-refractivity contribution in [1.82, 2.24) is 0 Å². The van der Waals surface area contributed by atoms with Gasteiger partial charge in [-0.1, -0.05) is 81.4 Å². The minimum absolute atomic E-state index is 0.0579. The fourth-order valence-electron chi connectivity index (χ4n) is 5.72. The fraction of sp³-hybridized carbons (Fsp3) is 0.721. The average Bonchev–Trinajstić information content (AvgIpc) is 3.20. The zero-order valence-electron chi connectivity index (χ0n) is 36.6. The van der Waals surface area contributed by atoms with Gasteiger partial charge in [0.05, 0.1) is 159 Å². The molecule has 0 aromatic heterocycles. The molecule has 0 saturated carbocycles. The third kappa shape index (κ3) is 25.9. The van der Waals surface area contributed by atoms with Crippen molar-refractivity contribution in [3.63, 3.8) is 0 Å². The van der Waals surface area contributed by atoms with E-state index in [1.54, 1.807) is 0 Å². The molecule has 0 spiro atoms. The molecular weight excluding hydrogens is 781 g/mol. The summed E-state index contributed by atoms with van der Waals surface area (Å²) in [6, 6.07) is 21.3. The van der Waals surface area contributed by atoms with Gasteiger partial charge >= 0.3 is 0 Å².